The number of aryl methyl sites for hydroxylation is 1. The number of para-hydroxylation sites is 1. The number of hydrogen-bond donors (Lipinski definition) is 1. The minimum atomic E-state index is -3.23. The van der Waals surface area contributed by atoms with Gasteiger partial charge in [-0.25, -0.2) is 22.6 Å². The lowest BCUT2D eigenvalue weighted by Crippen LogP contribution is -2.45. The molecule has 3 aliphatic rings. The van der Waals surface area contributed by atoms with Crippen LogP contribution in [-0.4, -0.2) is 71.2 Å². The number of carbonyl (C=O) groups excluding carboxylic acids is 1. The van der Waals surface area contributed by atoms with Crippen LogP contribution in [0, 0.1) is 12.7 Å². The lowest BCUT2D eigenvalue weighted by Gasteiger charge is -2.41. The molecule has 224 valence electrons. The van der Waals surface area contributed by atoms with Gasteiger partial charge in [-0.3, -0.25) is 9.80 Å². The van der Waals surface area contributed by atoms with Crippen LogP contribution in [0.2, 0.25) is 0 Å². The standard InChI is InChI=1S/C31H39FN6O3S/c1-22-33-29-21-35(42(2,40)41)18-15-30(29)38(22)28-19-26-13-14-27(20-28)36(26)16-6-17-37(25-7-4-3-5-8-25)31(39)34-24-11-9-23(32)10-12-24/h3-5,7-12,26-28H,6,13-21H2,1-2H3,(H,34,39). The SMILES string of the molecule is Cc1nc2c(n1C1CC3CCC(C1)N3CCCN(C(=O)Nc1ccc(F)cc1)c1ccccc1)CCN(S(C)(=O)=O)C2. The van der Waals surface area contributed by atoms with E-state index in [1.165, 1.54) is 41.2 Å². The van der Waals surface area contributed by atoms with Gasteiger partial charge in [0, 0.05) is 61.2 Å². The number of nitrogens with one attached hydrogen (secondary N) is 1. The van der Waals surface area contributed by atoms with E-state index in [-0.39, 0.29) is 11.8 Å². The molecule has 2 fully saturated rings. The van der Waals surface area contributed by atoms with Crippen LogP contribution in [0.1, 0.15) is 55.4 Å². The Labute approximate surface area is 247 Å². The van der Waals surface area contributed by atoms with E-state index in [1.807, 2.05) is 37.3 Å². The molecule has 3 aliphatic heterocycles. The van der Waals surface area contributed by atoms with Gasteiger partial charge in [0.15, 0.2) is 0 Å². The van der Waals surface area contributed by atoms with Gasteiger partial charge >= 0.3 is 6.03 Å². The van der Waals surface area contributed by atoms with Crippen molar-refractivity contribution >= 4 is 27.4 Å². The van der Waals surface area contributed by atoms with Crippen molar-refractivity contribution in [3.05, 3.63) is 77.6 Å². The zero-order valence-corrected chi connectivity index (χ0v) is 25.1. The summed E-state index contributed by atoms with van der Waals surface area (Å²) in [6.45, 7) is 4.41. The van der Waals surface area contributed by atoms with E-state index in [9.17, 15) is 17.6 Å². The second-order valence-electron chi connectivity index (χ2n) is 11.8. The molecular formula is C31H39FN6O3S. The van der Waals surface area contributed by atoms with E-state index in [0.717, 1.165) is 43.0 Å². The van der Waals surface area contributed by atoms with Crippen molar-refractivity contribution in [2.75, 3.05) is 36.1 Å². The first-order chi connectivity index (χ1) is 20.2. The molecule has 0 aliphatic carbocycles. The Bertz CT molecular complexity index is 1510. The van der Waals surface area contributed by atoms with Crippen LogP contribution < -0.4 is 10.2 Å². The zero-order chi connectivity index (χ0) is 29.4. The van der Waals surface area contributed by atoms with E-state index in [1.54, 1.807) is 17.0 Å². The fraction of sp³-hybridized carbons (Fsp3) is 0.484. The molecule has 42 heavy (non-hydrogen) atoms. The number of benzene rings is 2. The Hall–Kier alpha value is -3.28. The third-order valence-corrected chi connectivity index (χ3v) is 10.3. The molecule has 2 saturated heterocycles. The van der Waals surface area contributed by atoms with E-state index in [2.05, 4.69) is 14.8 Å². The lowest BCUT2D eigenvalue weighted by atomic mass is 9.96. The first-order valence-electron chi connectivity index (χ1n) is 14.8. The molecule has 3 aromatic rings. The molecule has 1 N–H and O–H groups in total. The molecule has 2 atom stereocenters. The average molecular weight is 595 g/mol. The van der Waals surface area contributed by atoms with Crippen LogP contribution in [-0.2, 0) is 23.0 Å². The lowest BCUT2D eigenvalue weighted by molar-refractivity contribution is 0.104. The summed E-state index contributed by atoms with van der Waals surface area (Å²) in [5, 5.41) is 2.91. The summed E-state index contributed by atoms with van der Waals surface area (Å²) in [4.78, 5) is 22.5. The van der Waals surface area contributed by atoms with Gasteiger partial charge in [0.25, 0.3) is 0 Å². The highest BCUT2D eigenvalue weighted by Crippen LogP contribution is 2.42. The maximum absolute atomic E-state index is 13.4. The molecule has 0 spiro atoms. The minimum absolute atomic E-state index is 0.232. The van der Waals surface area contributed by atoms with Crippen molar-refractivity contribution in [2.24, 2.45) is 0 Å². The van der Waals surface area contributed by atoms with Gasteiger partial charge in [-0.05, 0) is 75.4 Å². The molecule has 2 bridgehead atoms. The van der Waals surface area contributed by atoms with Gasteiger partial charge in [0.1, 0.15) is 11.6 Å². The molecule has 4 heterocycles. The quantitative estimate of drug-likeness (QED) is 0.399. The van der Waals surface area contributed by atoms with Crippen LogP contribution >= 0.6 is 0 Å². The van der Waals surface area contributed by atoms with Crippen LogP contribution in [0.25, 0.3) is 0 Å². The second kappa shape index (κ2) is 11.8. The van der Waals surface area contributed by atoms with Gasteiger partial charge < -0.3 is 9.88 Å². The van der Waals surface area contributed by atoms with E-state index < -0.39 is 10.0 Å². The van der Waals surface area contributed by atoms with Gasteiger partial charge in [0.2, 0.25) is 10.0 Å². The Kier molecular flexibility index (Phi) is 8.08. The van der Waals surface area contributed by atoms with Crippen molar-refractivity contribution in [3.8, 4) is 0 Å². The Balaban J connectivity index is 1.10. The number of urea groups is 1. The highest BCUT2D eigenvalue weighted by molar-refractivity contribution is 7.88. The molecule has 0 saturated carbocycles. The molecule has 2 unspecified atom stereocenters. The molecular weight excluding hydrogens is 555 g/mol. The number of sulfonamides is 1. The summed E-state index contributed by atoms with van der Waals surface area (Å²) in [7, 11) is -3.23. The van der Waals surface area contributed by atoms with Gasteiger partial charge in [-0.2, -0.15) is 4.31 Å². The summed E-state index contributed by atoms with van der Waals surface area (Å²) < 4.78 is 41.5. The summed E-state index contributed by atoms with van der Waals surface area (Å²) in [5.41, 5.74) is 3.49. The molecule has 1 aromatic heterocycles. The van der Waals surface area contributed by atoms with Crippen LogP contribution in [0.5, 0.6) is 0 Å². The first kappa shape index (κ1) is 28.8. The third-order valence-electron chi connectivity index (χ3n) is 9.09. The van der Waals surface area contributed by atoms with Gasteiger partial charge in [0.05, 0.1) is 18.5 Å². The second-order valence-corrected chi connectivity index (χ2v) is 13.8. The minimum Gasteiger partial charge on any atom is -0.329 e. The van der Waals surface area contributed by atoms with Gasteiger partial charge in [-0.1, -0.05) is 18.2 Å². The fourth-order valence-corrected chi connectivity index (χ4v) is 7.98. The number of piperidine rings is 1. The van der Waals surface area contributed by atoms with Gasteiger partial charge in [-0.15, -0.1) is 0 Å². The number of halogens is 1. The van der Waals surface area contributed by atoms with E-state index in [0.29, 0.717) is 49.9 Å². The monoisotopic (exact) mass is 594 g/mol. The number of aromatic nitrogens is 2. The third kappa shape index (κ3) is 5.95. The van der Waals surface area contributed by atoms with Crippen molar-refractivity contribution < 1.29 is 17.6 Å². The number of rotatable bonds is 8. The van der Waals surface area contributed by atoms with E-state index >= 15 is 0 Å². The molecule has 0 radical (unpaired) electrons. The number of nitrogens with zero attached hydrogens (tertiary/aromatic N) is 5. The topological polar surface area (TPSA) is 90.8 Å². The zero-order valence-electron chi connectivity index (χ0n) is 24.2. The number of amides is 2. The number of imidazole rings is 1. The Morgan fingerprint density at radius 2 is 1.74 bits per heavy atom. The number of fused-ring (bicyclic) bond motifs is 3. The molecule has 6 rings (SSSR count). The van der Waals surface area contributed by atoms with Crippen molar-refractivity contribution in [3.63, 3.8) is 0 Å². The number of hydrogen-bond acceptors (Lipinski definition) is 5. The molecule has 2 aromatic carbocycles. The van der Waals surface area contributed by atoms with Crippen LogP contribution in [0.4, 0.5) is 20.6 Å². The summed E-state index contributed by atoms with van der Waals surface area (Å²) in [5.74, 6) is 0.645. The number of anilines is 2. The Morgan fingerprint density at radius 3 is 2.40 bits per heavy atom. The van der Waals surface area contributed by atoms with Crippen LogP contribution in [0.3, 0.4) is 0 Å². The molecule has 9 nitrogen and oxygen atoms in total. The predicted molar refractivity (Wildman–Crippen MR) is 162 cm³/mol. The largest absolute Gasteiger partial charge is 0.329 e. The highest BCUT2D eigenvalue weighted by Gasteiger charge is 2.42. The molecule has 2 amide bonds. The van der Waals surface area contributed by atoms with Crippen LogP contribution in [0.15, 0.2) is 54.6 Å². The summed E-state index contributed by atoms with van der Waals surface area (Å²) in [6, 6.07) is 16.6. The maximum atomic E-state index is 13.4. The highest BCUT2D eigenvalue weighted by atomic mass is 32.2. The smallest absolute Gasteiger partial charge is 0.326 e. The average Bonchev–Trinajstić information content (AvgIpc) is 3.41. The summed E-state index contributed by atoms with van der Waals surface area (Å²) in [6.07, 6.45) is 7.27. The maximum Gasteiger partial charge on any atom is 0.326 e. The van der Waals surface area contributed by atoms with Crippen molar-refractivity contribution in [1.82, 2.24) is 18.8 Å². The Morgan fingerprint density at radius 1 is 1.05 bits per heavy atom. The van der Waals surface area contributed by atoms with Crippen molar-refractivity contribution in [2.45, 2.75) is 70.1 Å². The fourth-order valence-electron chi connectivity index (χ4n) is 7.20. The predicted octanol–water partition coefficient (Wildman–Crippen LogP) is 4.95. The normalized spacial score (nSPS) is 22.6. The molecule has 11 heteroatoms. The summed E-state index contributed by atoms with van der Waals surface area (Å²) >= 11 is 0. The van der Waals surface area contributed by atoms with Crippen molar-refractivity contribution in [1.29, 1.82) is 0 Å². The number of carbonyl (C=O) groups is 1. The van der Waals surface area contributed by atoms with E-state index in [4.69, 9.17) is 4.98 Å². The first-order valence-corrected chi connectivity index (χ1v) is 16.7.